The van der Waals surface area contributed by atoms with Crippen LogP contribution in [0.1, 0.15) is 47.8 Å². The Bertz CT molecular complexity index is 3120. The van der Waals surface area contributed by atoms with E-state index in [1.165, 1.54) is 75.8 Å². The molecule has 0 saturated heterocycles. The molecule has 0 fully saturated rings. The van der Waals surface area contributed by atoms with Gasteiger partial charge in [-0.25, -0.2) is 9.98 Å². The first-order valence-corrected chi connectivity index (χ1v) is 20.7. The van der Waals surface area contributed by atoms with E-state index in [0.717, 1.165) is 28.4 Å². The van der Waals surface area contributed by atoms with Crippen molar-refractivity contribution in [2.45, 2.75) is 25.4 Å². The van der Waals surface area contributed by atoms with Gasteiger partial charge in [0.1, 0.15) is 12.0 Å². The number of nitrogens with one attached hydrogen (secondary N) is 1. The van der Waals surface area contributed by atoms with Gasteiger partial charge in [-0.15, -0.1) is 11.3 Å². The number of benzene rings is 8. The average molecular weight is 762 g/mol. The lowest BCUT2D eigenvalue weighted by Gasteiger charge is -2.26. The summed E-state index contributed by atoms with van der Waals surface area (Å²) in [5.74, 6) is 1.54. The molecule has 276 valence electrons. The number of hydrogen-bond donors (Lipinski definition) is 1. The van der Waals surface area contributed by atoms with Crippen LogP contribution in [-0.2, 0) is 5.41 Å². The first kappa shape index (κ1) is 34.4. The van der Waals surface area contributed by atoms with Crippen molar-refractivity contribution < 1.29 is 0 Å². The van der Waals surface area contributed by atoms with Gasteiger partial charge in [0.2, 0.25) is 0 Å². The zero-order valence-electron chi connectivity index (χ0n) is 32.3. The minimum Gasteiger partial charge on any atom is -0.344 e. The monoisotopic (exact) mass is 761 g/mol. The Morgan fingerprint density at radius 3 is 1.95 bits per heavy atom. The second kappa shape index (κ2) is 13.7. The highest BCUT2D eigenvalue weighted by atomic mass is 32.1. The highest BCUT2D eigenvalue weighted by molar-refractivity contribution is 7.25. The summed E-state index contributed by atoms with van der Waals surface area (Å²) in [6.45, 7) is 4.71. The number of amidine groups is 2. The van der Waals surface area contributed by atoms with Crippen molar-refractivity contribution >= 4 is 43.2 Å². The van der Waals surface area contributed by atoms with Crippen molar-refractivity contribution in [1.29, 1.82) is 0 Å². The van der Waals surface area contributed by atoms with Crippen LogP contribution in [0.25, 0.3) is 64.7 Å². The Balaban J connectivity index is 1.02. The zero-order valence-corrected chi connectivity index (χ0v) is 33.1. The maximum absolute atomic E-state index is 5.30. The Morgan fingerprint density at radius 2 is 1.10 bits per heavy atom. The van der Waals surface area contributed by atoms with Crippen molar-refractivity contribution in [3.63, 3.8) is 0 Å². The van der Waals surface area contributed by atoms with Crippen LogP contribution in [0.2, 0.25) is 0 Å². The molecule has 1 unspecified atom stereocenters. The summed E-state index contributed by atoms with van der Waals surface area (Å²) in [6.07, 6.45) is -0.346. The Kier molecular flexibility index (Phi) is 8.09. The number of thiophene rings is 1. The minimum absolute atomic E-state index is 0.118. The molecule has 1 aromatic heterocycles. The highest BCUT2D eigenvalue weighted by Crippen LogP contribution is 2.52. The summed E-state index contributed by atoms with van der Waals surface area (Å²) >= 11 is 1.83. The van der Waals surface area contributed by atoms with E-state index < -0.39 is 0 Å². The molecule has 3 nitrogen and oxygen atoms in total. The second-order valence-electron chi connectivity index (χ2n) is 15.8. The van der Waals surface area contributed by atoms with Gasteiger partial charge in [-0.1, -0.05) is 172 Å². The largest absolute Gasteiger partial charge is 0.344 e. The predicted molar refractivity (Wildman–Crippen MR) is 245 cm³/mol. The Labute approximate surface area is 342 Å². The number of rotatable bonds is 6. The third-order valence-corrected chi connectivity index (χ3v) is 13.1. The fourth-order valence-corrected chi connectivity index (χ4v) is 10.3. The van der Waals surface area contributed by atoms with E-state index >= 15 is 0 Å². The summed E-state index contributed by atoms with van der Waals surface area (Å²) < 4.78 is 2.49. The lowest BCUT2D eigenvalue weighted by molar-refractivity contribution is 0.661. The van der Waals surface area contributed by atoms with Crippen LogP contribution in [0.3, 0.4) is 0 Å². The Morgan fingerprint density at radius 1 is 0.483 bits per heavy atom. The molecule has 0 radical (unpaired) electrons. The summed E-state index contributed by atoms with van der Waals surface area (Å²) in [7, 11) is 0. The molecule has 1 atom stereocenters. The van der Waals surface area contributed by atoms with Crippen LogP contribution >= 0.6 is 11.3 Å². The molecule has 4 heteroatoms. The molecule has 58 heavy (non-hydrogen) atoms. The van der Waals surface area contributed by atoms with Crippen LogP contribution in [0.5, 0.6) is 0 Å². The molecule has 11 rings (SSSR count). The van der Waals surface area contributed by atoms with Gasteiger partial charge in [0, 0.05) is 36.7 Å². The maximum atomic E-state index is 5.30. The van der Waals surface area contributed by atoms with Crippen molar-refractivity contribution in [2.75, 3.05) is 0 Å². The molecule has 0 amide bonds. The highest BCUT2D eigenvalue weighted by Gasteiger charge is 2.37. The van der Waals surface area contributed by atoms with E-state index in [2.05, 4.69) is 201 Å². The minimum atomic E-state index is -0.346. The molecule has 2 heterocycles. The van der Waals surface area contributed by atoms with Crippen LogP contribution < -0.4 is 5.32 Å². The van der Waals surface area contributed by atoms with Crippen molar-refractivity contribution in [3.05, 3.63) is 216 Å². The number of fused-ring (bicyclic) bond motifs is 6. The summed E-state index contributed by atoms with van der Waals surface area (Å²) in [5, 5.41) is 6.27. The predicted octanol–water partition coefficient (Wildman–Crippen LogP) is 13.9. The van der Waals surface area contributed by atoms with Gasteiger partial charge in [0.15, 0.2) is 5.84 Å². The quantitative estimate of drug-likeness (QED) is 0.180. The fourth-order valence-electron chi connectivity index (χ4n) is 9.15. The standard InChI is InChI=1S/C54H39N3S/c1-54(2)46-27-10-9-23-42(46)43-25-13-24-41(50(43)54)39-21-12-22-40(32-39)52-55-51(35-17-7-4-8-18-35)56-53(57-52)44-26-14-28-48-49(44)45-33-38(29-30-47(45)58-48)37-20-11-19-36(31-37)34-15-5-3-6-16-34/h3-33,52H,1-2H3,(H,55,56,57). The van der Waals surface area contributed by atoms with E-state index in [1.807, 2.05) is 17.4 Å². The van der Waals surface area contributed by atoms with Crippen LogP contribution in [0, 0.1) is 0 Å². The van der Waals surface area contributed by atoms with Crippen molar-refractivity contribution in [3.8, 4) is 44.5 Å². The smallest absolute Gasteiger partial charge is 0.159 e. The lowest BCUT2D eigenvalue weighted by Crippen LogP contribution is -2.33. The maximum Gasteiger partial charge on any atom is 0.159 e. The van der Waals surface area contributed by atoms with Gasteiger partial charge in [-0.05, 0) is 91.5 Å². The number of nitrogens with zero attached hydrogens (tertiary/aromatic N) is 2. The molecular formula is C54H39N3S. The molecule has 9 aromatic rings. The fraction of sp³-hybridized carbons (Fsp3) is 0.0741. The van der Waals surface area contributed by atoms with Crippen LogP contribution in [-0.4, -0.2) is 11.7 Å². The molecule has 0 bridgehead atoms. The third-order valence-electron chi connectivity index (χ3n) is 11.9. The number of hydrogen-bond acceptors (Lipinski definition) is 4. The van der Waals surface area contributed by atoms with E-state index in [0.29, 0.717) is 0 Å². The summed E-state index contributed by atoms with van der Waals surface area (Å²) in [5.41, 5.74) is 15.7. The SMILES string of the molecule is CC1(C)c2ccccc2-c2cccc(-c3cccc(C4N=C(c5ccccc5)N=C(c5cccc6sc7ccc(-c8cccc(-c9ccccc9)c8)cc7c56)N4)c3)c21. The number of aliphatic imine (C=N–C) groups is 2. The first-order valence-electron chi connectivity index (χ1n) is 19.9. The van der Waals surface area contributed by atoms with Crippen LogP contribution in [0.4, 0.5) is 0 Å². The van der Waals surface area contributed by atoms with Crippen LogP contribution in [0.15, 0.2) is 198 Å². The normalized spacial score (nSPS) is 15.4. The molecule has 2 aliphatic rings. The van der Waals surface area contributed by atoms with Gasteiger partial charge in [0.05, 0.1) is 0 Å². The van der Waals surface area contributed by atoms with Crippen molar-refractivity contribution in [2.24, 2.45) is 9.98 Å². The van der Waals surface area contributed by atoms with Crippen molar-refractivity contribution in [1.82, 2.24) is 5.32 Å². The third kappa shape index (κ3) is 5.71. The van der Waals surface area contributed by atoms with Gasteiger partial charge in [-0.2, -0.15) is 0 Å². The lowest BCUT2D eigenvalue weighted by atomic mass is 9.78. The topological polar surface area (TPSA) is 36.8 Å². The molecule has 0 spiro atoms. The molecular weight excluding hydrogens is 723 g/mol. The first-order chi connectivity index (χ1) is 28.5. The summed E-state index contributed by atoms with van der Waals surface area (Å²) in [6, 6.07) is 67.8. The van der Waals surface area contributed by atoms with Gasteiger partial charge in [-0.3, -0.25) is 0 Å². The van der Waals surface area contributed by atoms with E-state index in [1.54, 1.807) is 0 Å². The molecule has 1 aliphatic carbocycles. The van der Waals surface area contributed by atoms with E-state index in [9.17, 15) is 0 Å². The average Bonchev–Trinajstić information content (AvgIpc) is 3.78. The molecule has 1 N–H and O–H groups in total. The second-order valence-corrected chi connectivity index (χ2v) is 16.9. The van der Waals surface area contributed by atoms with Gasteiger partial charge in [0.25, 0.3) is 0 Å². The Hall–Kier alpha value is -6.88. The van der Waals surface area contributed by atoms with Gasteiger partial charge >= 0.3 is 0 Å². The zero-order chi connectivity index (χ0) is 38.8. The van der Waals surface area contributed by atoms with E-state index in [4.69, 9.17) is 9.98 Å². The molecule has 8 aromatic carbocycles. The molecule has 0 saturated carbocycles. The summed E-state index contributed by atoms with van der Waals surface area (Å²) in [4.78, 5) is 10.6. The van der Waals surface area contributed by atoms with E-state index in [-0.39, 0.29) is 11.6 Å². The molecule has 1 aliphatic heterocycles. The van der Waals surface area contributed by atoms with Gasteiger partial charge < -0.3 is 5.32 Å².